The van der Waals surface area contributed by atoms with E-state index in [1.54, 1.807) is 37.4 Å². The molecule has 0 saturated heterocycles. The fraction of sp³-hybridized carbons (Fsp3) is 0.0625. The van der Waals surface area contributed by atoms with Gasteiger partial charge in [-0.2, -0.15) is 0 Å². The molecule has 0 radical (unpaired) electrons. The van der Waals surface area contributed by atoms with Crippen molar-refractivity contribution in [3.63, 3.8) is 0 Å². The molecule has 2 aromatic carbocycles. The number of furan rings is 1. The summed E-state index contributed by atoms with van der Waals surface area (Å²) in [5.41, 5.74) is 0.992. The molecule has 0 amide bonds. The quantitative estimate of drug-likeness (QED) is 0.607. The maximum Gasteiger partial charge on any atom is 0.229 e. The maximum absolute atomic E-state index is 12.6. The van der Waals surface area contributed by atoms with Crippen LogP contribution < -0.4 is 4.74 Å². The van der Waals surface area contributed by atoms with Crippen molar-refractivity contribution in [3.05, 3.63) is 63.3 Å². The zero-order valence-corrected chi connectivity index (χ0v) is 13.4. The monoisotopic (exact) mass is 364 g/mol. The zero-order chi connectivity index (χ0) is 15.0. The predicted molar refractivity (Wildman–Crippen MR) is 85.4 cm³/mol. The van der Waals surface area contributed by atoms with Gasteiger partial charge in [-0.3, -0.25) is 4.79 Å². The Bertz CT molecular complexity index is 839. The molecule has 0 aliphatic carbocycles. The largest absolute Gasteiger partial charge is 0.497 e. The number of benzene rings is 2. The van der Waals surface area contributed by atoms with Crippen LogP contribution >= 0.6 is 27.5 Å². The van der Waals surface area contributed by atoms with E-state index in [2.05, 4.69) is 15.9 Å². The summed E-state index contributed by atoms with van der Waals surface area (Å²) in [4.78, 5) is 12.6. The SMILES string of the molecule is COc1ccc(Br)c(C(=O)c2cc3cccc(Cl)c3o2)c1. The van der Waals surface area contributed by atoms with Gasteiger partial charge in [0.1, 0.15) is 5.75 Å². The number of carbonyl (C=O) groups excluding carboxylic acids is 1. The van der Waals surface area contributed by atoms with E-state index in [4.69, 9.17) is 20.8 Å². The number of halogens is 2. The van der Waals surface area contributed by atoms with E-state index >= 15 is 0 Å². The van der Waals surface area contributed by atoms with Crippen molar-refractivity contribution in [1.29, 1.82) is 0 Å². The molecular formula is C16H10BrClO3. The number of para-hydroxylation sites is 1. The van der Waals surface area contributed by atoms with Gasteiger partial charge >= 0.3 is 0 Å². The van der Waals surface area contributed by atoms with Crippen LogP contribution in [0.25, 0.3) is 11.0 Å². The third-order valence-electron chi connectivity index (χ3n) is 3.14. The minimum absolute atomic E-state index is 0.229. The highest BCUT2D eigenvalue weighted by Gasteiger charge is 2.18. The van der Waals surface area contributed by atoms with Crippen LogP contribution in [0.5, 0.6) is 5.75 Å². The fourth-order valence-electron chi connectivity index (χ4n) is 2.08. The molecule has 0 aliphatic rings. The summed E-state index contributed by atoms with van der Waals surface area (Å²) >= 11 is 9.44. The normalized spacial score (nSPS) is 10.8. The van der Waals surface area contributed by atoms with Crippen molar-refractivity contribution in [2.45, 2.75) is 0 Å². The number of hydrogen-bond acceptors (Lipinski definition) is 3. The third kappa shape index (κ3) is 2.57. The highest BCUT2D eigenvalue weighted by molar-refractivity contribution is 9.10. The lowest BCUT2D eigenvalue weighted by molar-refractivity contribution is 0.101. The number of carbonyl (C=O) groups is 1. The second-order valence-electron chi connectivity index (χ2n) is 4.44. The van der Waals surface area contributed by atoms with Crippen LogP contribution in [0, 0.1) is 0 Å². The first-order valence-electron chi connectivity index (χ1n) is 6.16. The average molecular weight is 366 g/mol. The van der Waals surface area contributed by atoms with E-state index in [1.165, 1.54) is 0 Å². The molecular weight excluding hydrogens is 356 g/mol. The van der Waals surface area contributed by atoms with Crippen LogP contribution in [0.3, 0.4) is 0 Å². The predicted octanol–water partition coefficient (Wildman–Crippen LogP) is 5.09. The Balaban J connectivity index is 2.10. The summed E-state index contributed by atoms with van der Waals surface area (Å²) in [6.45, 7) is 0. The maximum atomic E-state index is 12.6. The molecule has 3 aromatic rings. The summed E-state index contributed by atoms with van der Waals surface area (Å²) in [5.74, 6) is 0.621. The minimum atomic E-state index is -0.229. The van der Waals surface area contributed by atoms with Gasteiger partial charge in [-0.15, -0.1) is 0 Å². The molecule has 21 heavy (non-hydrogen) atoms. The Labute approximate surface area is 134 Å². The van der Waals surface area contributed by atoms with Crippen molar-refractivity contribution in [2.75, 3.05) is 7.11 Å². The summed E-state index contributed by atoms with van der Waals surface area (Å²) in [5, 5.41) is 1.28. The molecule has 0 aliphatic heterocycles. The van der Waals surface area contributed by atoms with E-state index < -0.39 is 0 Å². The van der Waals surface area contributed by atoms with Crippen LogP contribution in [0.2, 0.25) is 5.02 Å². The molecule has 0 atom stereocenters. The first-order chi connectivity index (χ1) is 10.1. The van der Waals surface area contributed by atoms with Crippen LogP contribution in [-0.4, -0.2) is 12.9 Å². The average Bonchev–Trinajstić information content (AvgIpc) is 2.93. The second kappa shape index (κ2) is 5.54. The fourth-order valence-corrected chi connectivity index (χ4v) is 2.72. The second-order valence-corrected chi connectivity index (χ2v) is 5.71. The number of hydrogen-bond donors (Lipinski definition) is 0. The van der Waals surface area contributed by atoms with E-state index in [1.807, 2.05) is 12.1 Å². The molecule has 0 saturated carbocycles. The summed E-state index contributed by atoms with van der Waals surface area (Å²) in [6, 6.07) is 12.3. The van der Waals surface area contributed by atoms with Crippen molar-refractivity contribution >= 4 is 44.3 Å². The zero-order valence-electron chi connectivity index (χ0n) is 11.0. The number of fused-ring (bicyclic) bond motifs is 1. The molecule has 1 aromatic heterocycles. The number of methoxy groups -OCH3 is 1. The van der Waals surface area contributed by atoms with Gasteiger partial charge in [0.15, 0.2) is 11.3 Å². The van der Waals surface area contributed by atoms with Gasteiger partial charge in [-0.1, -0.05) is 39.7 Å². The van der Waals surface area contributed by atoms with Crippen molar-refractivity contribution in [3.8, 4) is 5.75 Å². The van der Waals surface area contributed by atoms with E-state index in [9.17, 15) is 4.79 Å². The lowest BCUT2D eigenvalue weighted by Gasteiger charge is -2.04. The number of ether oxygens (including phenoxy) is 1. The van der Waals surface area contributed by atoms with Crippen LogP contribution in [0.4, 0.5) is 0 Å². The molecule has 3 rings (SSSR count). The van der Waals surface area contributed by atoms with Gasteiger partial charge in [-0.05, 0) is 30.3 Å². The summed E-state index contributed by atoms with van der Waals surface area (Å²) < 4.78 is 11.4. The molecule has 0 N–H and O–H groups in total. The minimum Gasteiger partial charge on any atom is -0.497 e. The van der Waals surface area contributed by atoms with Gasteiger partial charge in [0, 0.05) is 15.4 Å². The van der Waals surface area contributed by atoms with Crippen molar-refractivity contribution < 1.29 is 13.9 Å². The summed E-state index contributed by atoms with van der Waals surface area (Å²) in [6.07, 6.45) is 0. The Hall–Kier alpha value is -1.78. The lowest BCUT2D eigenvalue weighted by atomic mass is 10.1. The van der Waals surface area contributed by atoms with Gasteiger partial charge < -0.3 is 9.15 Å². The number of ketones is 1. The first-order valence-corrected chi connectivity index (χ1v) is 7.33. The Morgan fingerprint density at radius 3 is 2.76 bits per heavy atom. The molecule has 3 nitrogen and oxygen atoms in total. The van der Waals surface area contributed by atoms with E-state index in [0.717, 1.165) is 5.39 Å². The highest BCUT2D eigenvalue weighted by atomic mass is 79.9. The molecule has 0 unspecified atom stereocenters. The van der Waals surface area contributed by atoms with Gasteiger partial charge in [0.2, 0.25) is 5.78 Å². The van der Waals surface area contributed by atoms with Crippen LogP contribution in [-0.2, 0) is 0 Å². The highest BCUT2D eigenvalue weighted by Crippen LogP contribution is 2.30. The molecule has 0 bridgehead atoms. The van der Waals surface area contributed by atoms with E-state index in [0.29, 0.717) is 26.4 Å². The topological polar surface area (TPSA) is 39.4 Å². The van der Waals surface area contributed by atoms with Crippen molar-refractivity contribution in [1.82, 2.24) is 0 Å². The lowest BCUT2D eigenvalue weighted by Crippen LogP contribution is -2.01. The first kappa shape index (κ1) is 14.2. The molecule has 0 spiro atoms. The molecule has 5 heteroatoms. The van der Waals surface area contributed by atoms with Gasteiger partial charge in [0.05, 0.1) is 12.1 Å². The Morgan fingerprint density at radius 1 is 1.24 bits per heavy atom. The smallest absolute Gasteiger partial charge is 0.229 e. The summed E-state index contributed by atoms with van der Waals surface area (Å²) in [7, 11) is 1.55. The molecule has 0 fully saturated rings. The van der Waals surface area contributed by atoms with Gasteiger partial charge in [-0.25, -0.2) is 0 Å². The Kier molecular flexibility index (Phi) is 3.74. The molecule has 1 heterocycles. The standard InChI is InChI=1S/C16H10BrClO3/c1-20-10-5-6-12(17)11(8-10)15(19)14-7-9-3-2-4-13(18)16(9)21-14/h2-8H,1H3. The number of rotatable bonds is 3. The molecule has 106 valence electrons. The Morgan fingerprint density at radius 2 is 2.05 bits per heavy atom. The van der Waals surface area contributed by atoms with E-state index in [-0.39, 0.29) is 11.5 Å². The van der Waals surface area contributed by atoms with Crippen molar-refractivity contribution in [2.24, 2.45) is 0 Å². The third-order valence-corrected chi connectivity index (χ3v) is 4.13. The van der Waals surface area contributed by atoms with Crippen LogP contribution in [0.1, 0.15) is 16.1 Å². The van der Waals surface area contributed by atoms with Crippen LogP contribution in [0.15, 0.2) is 51.4 Å². The van der Waals surface area contributed by atoms with Gasteiger partial charge in [0.25, 0.3) is 0 Å².